The molecule has 1 fully saturated rings. The average Bonchev–Trinajstić information content (AvgIpc) is 3.02. The zero-order valence-corrected chi connectivity index (χ0v) is 25.7. The number of amides is 3. The van der Waals surface area contributed by atoms with Crippen LogP contribution in [-0.4, -0.2) is 73.7 Å². The minimum Gasteiger partial charge on any atom is -0.495 e. The van der Waals surface area contributed by atoms with E-state index >= 15 is 0 Å². The van der Waals surface area contributed by atoms with Crippen LogP contribution >= 0.6 is 23.2 Å². The monoisotopic (exact) mass is 628 g/mol. The summed E-state index contributed by atoms with van der Waals surface area (Å²) in [6, 6.07) is 8.03. The van der Waals surface area contributed by atoms with Gasteiger partial charge in [0, 0.05) is 49.6 Å². The average molecular weight is 630 g/mol. The lowest BCUT2D eigenvalue weighted by molar-refractivity contribution is -0.111. The van der Waals surface area contributed by atoms with E-state index in [1.807, 2.05) is 18.2 Å². The highest BCUT2D eigenvalue weighted by Gasteiger charge is 2.24. The van der Waals surface area contributed by atoms with Crippen molar-refractivity contribution in [3.8, 4) is 11.5 Å². The van der Waals surface area contributed by atoms with Crippen molar-refractivity contribution in [2.24, 2.45) is 5.73 Å². The van der Waals surface area contributed by atoms with Crippen LogP contribution in [0.1, 0.15) is 12.5 Å². The van der Waals surface area contributed by atoms with Gasteiger partial charge in [0.2, 0.25) is 5.91 Å². The molecule has 1 saturated heterocycles. The van der Waals surface area contributed by atoms with Crippen molar-refractivity contribution in [1.82, 2.24) is 14.9 Å². The number of ether oxygens (including phenoxy) is 2. The van der Waals surface area contributed by atoms with Crippen LogP contribution in [0.5, 0.6) is 11.5 Å². The maximum absolute atomic E-state index is 12.6. The van der Waals surface area contributed by atoms with Crippen LogP contribution in [-0.2, 0) is 11.3 Å². The molecule has 0 aliphatic carbocycles. The third-order valence-corrected chi connectivity index (χ3v) is 7.90. The van der Waals surface area contributed by atoms with Gasteiger partial charge in [-0.15, -0.1) is 0 Å². The van der Waals surface area contributed by atoms with E-state index in [0.717, 1.165) is 38.4 Å². The molecule has 43 heavy (non-hydrogen) atoms. The van der Waals surface area contributed by atoms with Crippen molar-refractivity contribution < 1.29 is 19.1 Å². The van der Waals surface area contributed by atoms with E-state index < -0.39 is 6.03 Å². The van der Waals surface area contributed by atoms with E-state index in [1.54, 1.807) is 12.1 Å². The van der Waals surface area contributed by atoms with Gasteiger partial charge < -0.3 is 35.6 Å². The molecular weight excluding hydrogens is 595 g/mol. The fraction of sp³-hybridized carbons (Fsp3) is 0.310. The van der Waals surface area contributed by atoms with Gasteiger partial charge in [-0.2, -0.15) is 0 Å². The second-order valence-corrected chi connectivity index (χ2v) is 10.3. The molecule has 0 spiro atoms. The summed E-state index contributed by atoms with van der Waals surface area (Å²) in [5.74, 6) is 0.798. The van der Waals surface area contributed by atoms with Crippen molar-refractivity contribution in [3.63, 3.8) is 0 Å². The summed E-state index contributed by atoms with van der Waals surface area (Å²) in [5, 5.41) is 6.47. The van der Waals surface area contributed by atoms with Gasteiger partial charge in [-0.25, -0.2) is 14.8 Å². The van der Waals surface area contributed by atoms with Gasteiger partial charge in [-0.1, -0.05) is 36.7 Å². The summed E-state index contributed by atoms with van der Waals surface area (Å²) in [6.45, 7) is 10.3. The minimum absolute atomic E-state index is 0.127. The molecule has 1 aliphatic rings. The predicted molar refractivity (Wildman–Crippen MR) is 170 cm³/mol. The Morgan fingerprint density at radius 2 is 1.72 bits per heavy atom. The second kappa shape index (κ2) is 14.3. The normalized spacial score (nSPS) is 13.3. The molecule has 4 N–H and O–H groups in total. The summed E-state index contributed by atoms with van der Waals surface area (Å²) in [5.41, 5.74) is 8.20. The molecule has 0 radical (unpaired) electrons. The van der Waals surface area contributed by atoms with Gasteiger partial charge in [0.25, 0.3) is 0 Å². The van der Waals surface area contributed by atoms with Crippen LogP contribution in [0.4, 0.5) is 33.5 Å². The van der Waals surface area contributed by atoms with Crippen LogP contribution < -0.4 is 35.6 Å². The maximum Gasteiger partial charge on any atom is 0.320 e. The van der Waals surface area contributed by atoms with Crippen LogP contribution in [0.2, 0.25) is 10.0 Å². The van der Waals surface area contributed by atoms with Crippen molar-refractivity contribution in [3.05, 3.63) is 64.9 Å². The first-order chi connectivity index (χ1) is 20.7. The van der Waals surface area contributed by atoms with Gasteiger partial charge in [0.05, 0.1) is 42.2 Å². The van der Waals surface area contributed by atoms with E-state index in [2.05, 4.69) is 43.9 Å². The molecule has 0 atom stereocenters. The molecule has 3 aromatic rings. The van der Waals surface area contributed by atoms with Crippen LogP contribution in [0.25, 0.3) is 0 Å². The lowest BCUT2D eigenvalue weighted by atomic mass is 10.1. The Morgan fingerprint density at radius 1 is 1.05 bits per heavy atom. The molecule has 4 rings (SSSR count). The molecular formula is C29H34Cl2N8O4. The number of carbonyl (C=O) groups is 2. The minimum atomic E-state index is -0.801. The number of anilines is 5. The number of methoxy groups -OCH3 is 2. The van der Waals surface area contributed by atoms with E-state index in [-0.39, 0.29) is 28.3 Å². The largest absolute Gasteiger partial charge is 0.495 e. The third kappa shape index (κ3) is 7.39. The van der Waals surface area contributed by atoms with E-state index in [0.29, 0.717) is 34.3 Å². The molecule has 0 bridgehead atoms. The second-order valence-electron chi connectivity index (χ2n) is 9.54. The number of nitrogens with zero attached hydrogens (tertiary/aromatic N) is 5. The summed E-state index contributed by atoms with van der Waals surface area (Å²) in [7, 11) is 2.91. The molecule has 1 aliphatic heterocycles. The molecule has 2 aromatic carbocycles. The number of aromatic nitrogens is 2. The number of halogens is 2. The quantitative estimate of drug-likeness (QED) is 0.253. The number of nitrogens with one attached hydrogen (secondary N) is 2. The SMILES string of the molecule is C=CC(=O)Nc1cc(N2CCN(CC)CC2)ccc1Nc1cc(N(Cc2c(Cl)c(OC)cc(OC)c2Cl)C(N)=O)ncn1. The van der Waals surface area contributed by atoms with Gasteiger partial charge in [-0.05, 0) is 30.8 Å². The fourth-order valence-electron chi connectivity index (χ4n) is 4.65. The van der Waals surface area contributed by atoms with Crippen LogP contribution in [0.15, 0.2) is 49.3 Å². The van der Waals surface area contributed by atoms with E-state index in [4.69, 9.17) is 38.4 Å². The number of rotatable bonds is 11. The maximum atomic E-state index is 12.6. The van der Waals surface area contributed by atoms with Crippen molar-refractivity contribution in [1.29, 1.82) is 0 Å². The Hall–Kier alpha value is -4.26. The first-order valence-electron chi connectivity index (χ1n) is 13.5. The molecule has 0 saturated carbocycles. The lowest BCUT2D eigenvalue weighted by Gasteiger charge is -2.35. The summed E-state index contributed by atoms with van der Waals surface area (Å²) >= 11 is 13.1. The van der Waals surface area contributed by atoms with Crippen LogP contribution in [0.3, 0.4) is 0 Å². The fourth-order valence-corrected chi connectivity index (χ4v) is 5.27. The van der Waals surface area contributed by atoms with Crippen molar-refractivity contribution in [2.45, 2.75) is 13.5 Å². The number of urea groups is 1. The molecule has 14 heteroatoms. The molecule has 1 aromatic heterocycles. The predicted octanol–water partition coefficient (Wildman–Crippen LogP) is 4.90. The molecule has 12 nitrogen and oxygen atoms in total. The summed E-state index contributed by atoms with van der Waals surface area (Å²) in [4.78, 5) is 39.3. The highest BCUT2D eigenvalue weighted by atomic mass is 35.5. The molecule has 2 heterocycles. The van der Waals surface area contributed by atoms with Gasteiger partial charge in [0.1, 0.15) is 29.5 Å². The summed E-state index contributed by atoms with van der Waals surface area (Å²) in [6.07, 6.45) is 2.49. The Kier molecular flexibility index (Phi) is 10.5. The van der Waals surface area contributed by atoms with E-state index in [1.165, 1.54) is 31.5 Å². The zero-order valence-electron chi connectivity index (χ0n) is 24.2. The Morgan fingerprint density at radius 3 is 2.30 bits per heavy atom. The molecule has 0 unspecified atom stereocenters. The standard InChI is InChI=1S/C29H34Cl2N8O4/c1-5-26(40)36-21-13-18(38-11-9-37(6-2)10-12-38)7-8-20(21)35-24-15-25(34-17-33-24)39(29(32)41)16-19-27(30)22(42-3)14-23(43-4)28(19)31/h5,7-8,13-15,17H,1,6,9-12,16H2,2-4H3,(H2,32,41)(H,36,40)(H,33,34,35). The van der Waals surface area contributed by atoms with Crippen molar-refractivity contribution in [2.75, 3.05) is 67.4 Å². The molecule has 228 valence electrons. The van der Waals surface area contributed by atoms with Crippen LogP contribution in [0, 0.1) is 0 Å². The highest BCUT2D eigenvalue weighted by Crippen LogP contribution is 2.41. The number of carbonyl (C=O) groups excluding carboxylic acids is 2. The number of hydrogen-bond acceptors (Lipinski definition) is 9. The Bertz CT molecular complexity index is 1470. The highest BCUT2D eigenvalue weighted by molar-refractivity contribution is 6.38. The number of piperazine rings is 1. The number of likely N-dealkylation sites (N-methyl/N-ethyl adjacent to an activating group) is 1. The number of hydrogen-bond donors (Lipinski definition) is 3. The van der Waals surface area contributed by atoms with Gasteiger partial charge in [-0.3, -0.25) is 9.69 Å². The first kappa shape index (κ1) is 31.7. The van der Waals surface area contributed by atoms with Gasteiger partial charge in [0.15, 0.2) is 0 Å². The summed E-state index contributed by atoms with van der Waals surface area (Å²) < 4.78 is 10.7. The zero-order chi connectivity index (χ0) is 31.1. The lowest BCUT2D eigenvalue weighted by Crippen LogP contribution is -2.46. The molecule has 3 amide bonds. The van der Waals surface area contributed by atoms with Crippen molar-refractivity contribution >= 4 is 63.8 Å². The topological polar surface area (TPSA) is 138 Å². The Labute approximate surface area is 260 Å². The first-order valence-corrected chi connectivity index (χ1v) is 14.2. The van der Waals surface area contributed by atoms with E-state index in [9.17, 15) is 9.59 Å². The number of primary amides is 1. The third-order valence-electron chi connectivity index (χ3n) is 7.07. The Balaban J connectivity index is 1.63. The smallest absolute Gasteiger partial charge is 0.320 e. The number of benzene rings is 2. The number of nitrogens with two attached hydrogens (primary N) is 1. The van der Waals surface area contributed by atoms with Gasteiger partial charge >= 0.3 is 6.03 Å².